The van der Waals surface area contributed by atoms with Crippen LogP contribution in [-0.2, 0) is 11.2 Å². The topological polar surface area (TPSA) is 36.4 Å². The molecule has 0 radical (unpaired) electrons. The van der Waals surface area contributed by atoms with Crippen LogP contribution in [0.15, 0.2) is 24.5 Å². The number of likely N-dealkylation sites (tertiary alicyclic amines) is 1. The third kappa shape index (κ3) is 4.81. The van der Waals surface area contributed by atoms with Gasteiger partial charge in [-0.3, -0.25) is 14.7 Å². The molecule has 4 heteroatoms. The lowest BCUT2D eigenvalue weighted by atomic mass is 10.00. The zero-order valence-corrected chi connectivity index (χ0v) is 13.3. The summed E-state index contributed by atoms with van der Waals surface area (Å²) in [6, 6.07) is 4.53. The Morgan fingerprint density at radius 2 is 2.14 bits per heavy atom. The van der Waals surface area contributed by atoms with Gasteiger partial charge in [-0.25, -0.2) is 0 Å². The molecular formula is C17H27N3O. The van der Waals surface area contributed by atoms with Crippen LogP contribution in [0.3, 0.4) is 0 Å². The molecule has 0 spiro atoms. The van der Waals surface area contributed by atoms with Gasteiger partial charge in [0, 0.05) is 31.5 Å². The highest BCUT2D eigenvalue weighted by Gasteiger charge is 2.25. The van der Waals surface area contributed by atoms with Gasteiger partial charge in [0.2, 0.25) is 5.91 Å². The van der Waals surface area contributed by atoms with Gasteiger partial charge in [0.15, 0.2) is 0 Å². The Hall–Kier alpha value is -1.42. The molecule has 1 saturated heterocycles. The van der Waals surface area contributed by atoms with E-state index in [1.807, 2.05) is 31.6 Å². The van der Waals surface area contributed by atoms with Crippen molar-refractivity contribution in [2.45, 2.75) is 45.1 Å². The molecule has 1 atom stereocenters. The lowest BCUT2D eigenvalue weighted by Crippen LogP contribution is -2.47. The van der Waals surface area contributed by atoms with E-state index in [9.17, 15) is 4.79 Å². The molecule has 2 rings (SSSR count). The molecule has 0 aromatic carbocycles. The standard InChI is InChI=1S/C17H27N3O/c1-3-16-6-4-5-12-20(16)17(21)14-19(2)13-9-15-7-10-18-11-8-15/h7-8,10-11,16H,3-6,9,12-14H2,1-2H3. The van der Waals surface area contributed by atoms with Crippen LogP contribution < -0.4 is 0 Å². The Morgan fingerprint density at radius 3 is 2.86 bits per heavy atom. The molecule has 4 nitrogen and oxygen atoms in total. The first-order chi connectivity index (χ1) is 10.2. The first kappa shape index (κ1) is 16.0. The van der Waals surface area contributed by atoms with Crippen molar-refractivity contribution in [3.8, 4) is 0 Å². The number of piperidine rings is 1. The second-order valence-electron chi connectivity index (χ2n) is 5.99. The zero-order valence-electron chi connectivity index (χ0n) is 13.3. The van der Waals surface area contributed by atoms with Crippen LogP contribution in [0.1, 0.15) is 38.2 Å². The molecule has 0 saturated carbocycles. The summed E-state index contributed by atoms with van der Waals surface area (Å²) in [5.74, 6) is 0.291. The summed E-state index contributed by atoms with van der Waals surface area (Å²) in [6.45, 7) is 4.56. The number of carbonyl (C=O) groups excluding carboxylic acids is 1. The molecule has 1 aliphatic rings. The highest BCUT2D eigenvalue weighted by molar-refractivity contribution is 5.78. The lowest BCUT2D eigenvalue weighted by molar-refractivity contribution is -0.135. The fourth-order valence-corrected chi connectivity index (χ4v) is 3.02. The van der Waals surface area contributed by atoms with Crippen LogP contribution in [0.2, 0.25) is 0 Å². The van der Waals surface area contributed by atoms with Gasteiger partial charge >= 0.3 is 0 Å². The molecule has 0 aliphatic carbocycles. The van der Waals surface area contributed by atoms with Crippen LogP contribution in [0, 0.1) is 0 Å². The van der Waals surface area contributed by atoms with Gasteiger partial charge in [-0.05, 0) is 56.8 Å². The van der Waals surface area contributed by atoms with Crippen molar-refractivity contribution in [2.75, 3.05) is 26.7 Å². The summed E-state index contributed by atoms with van der Waals surface area (Å²) in [4.78, 5) is 20.7. The van der Waals surface area contributed by atoms with Gasteiger partial charge in [-0.2, -0.15) is 0 Å². The minimum Gasteiger partial charge on any atom is -0.339 e. The summed E-state index contributed by atoms with van der Waals surface area (Å²) in [5, 5.41) is 0. The van der Waals surface area contributed by atoms with E-state index in [0.29, 0.717) is 18.5 Å². The fraction of sp³-hybridized carbons (Fsp3) is 0.647. The van der Waals surface area contributed by atoms with Crippen LogP contribution in [0.5, 0.6) is 0 Å². The molecule has 1 fully saturated rings. The average molecular weight is 289 g/mol. The number of pyridine rings is 1. The Labute approximate surface area is 128 Å². The smallest absolute Gasteiger partial charge is 0.236 e. The van der Waals surface area contributed by atoms with Gasteiger partial charge in [-0.15, -0.1) is 0 Å². The highest BCUT2D eigenvalue weighted by Crippen LogP contribution is 2.19. The van der Waals surface area contributed by atoms with Gasteiger partial charge < -0.3 is 4.90 Å². The average Bonchev–Trinajstić information content (AvgIpc) is 2.53. The van der Waals surface area contributed by atoms with E-state index >= 15 is 0 Å². The molecule has 1 aromatic heterocycles. The van der Waals surface area contributed by atoms with Gasteiger partial charge in [0.25, 0.3) is 0 Å². The van der Waals surface area contributed by atoms with Crippen LogP contribution in [0.25, 0.3) is 0 Å². The molecule has 0 bridgehead atoms. The van der Waals surface area contributed by atoms with Crippen molar-refractivity contribution < 1.29 is 4.79 Å². The maximum atomic E-state index is 12.5. The van der Waals surface area contributed by atoms with Crippen molar-refractivity contribution in [1.29, 1.82) is 0 Å². The van der Waals surface area contributed by atoms with E-state index < -0.39 is 0 Å². The number of hydrogen-bond donors (Lipinski definition) is 0. The van der Waals surface area contributed by atoms with Crippen molar-refractivity contribution in [3.63, 3.8) is 0 Å². The Balaban J connectivity index is 1.78. The van der Waals surface area contributed by atoms with Crippen LogP contribution in [-0.4, -0.2) is 53.4 Å². The number of carbonyl (C=O) groups is 1. The number of nitrogens with zero attached hydrogens (tertiary/aromatic N) is 3. The Morgan fingerprint density at radius 1 is 1.38 bits per heavy atom. The predicted molar refractivity (Wildman–Crippen MR) is 85.1 cm³/mol. The summed E-state index contributed by atoms with van der Waals surface area (Å²) < 4.78 is 0. The van der Waals surface area contributed by atoms with Crippen LogP contribution >= 0.6 is 0 Å². The van der Waals surface area contributed by atoms with Crippen LogP contribution in [0.4, 0.5) is 0 Å². The van der Waals surface area contributed by atoms with E-state index in [-0.39, 0.29) is 0 Å². The van der Waals surface area contributed by atoms with E-state index in [0.717, 1.165) is 32.4 Å². The van der Waals surface area contributed by atoms with E-state index in [1.54, 1.807) is 0 Å². The summed E-state index contributed by atoms with van der Waals surface area (Å²) >= 11 is 0. The molecule has 2 heterocycles. The predicted octanol–water partition coefficient (Wildman–Crippen LogP) is 2.35. The van der Waals surface area contributed by atoms with Crippen molar-refractivity contribution in [2.24, 2.45) is 0 Å². The third-order valence-electron chi connectivity index (χ3n) is 4.36. The molecule has 0 N–H and O–H groups in total. The van der Waals surface area contributed by atoms with E-state index in [1.165, 1.54) is 18.4 Å². The number of amides is 1. The monoisotopic (exact) mass is 289 g/mol. The molecule has 1 aliphatic heterocycles. The van der Waals surface area contributed by atoms with Gasteiger partial charge in [0.05, 0.1) is 6.54 Å². The number of hydrogen-bond acceptors (Lipinski definition) is 3. The Kier molecular flexibility index (Phi) is 6.18. The molecule has 21 heavy (non-hydrogen) atoms. The molecule has 1 aromatic rings. The molecule has 1 unspecified atom stereocenters. The summed E-state index contributed by atoms with van der Waals surface area (Å²) in [5.41, 5.74) is 1.27. The fourth-order valence-electron chi connectivity index (χ4n) is 3.02. The zero-order chi connectivity index (χ0) is 15.1. The quantitative estimate of drug-likeness (QED) is 0.806. The first-order valence-electron chi connectivity index (χ1n) is 8.07. The second kappa shape index (κ2) is 8.13. The van der Waals surface area contributed by atoms with Gasteiger partial charge in [0.1, 0.15) is 0 Å². The normalized spacial score (nSPS) is 19.0. The first-order valence-corrected chi connectivity index (χ1v) is 8.07. The number of aromatic nitrogens is 1. The third-order valence-corrected chi connectivity index (χ3v) is 4.36. The van der Waals surface area contributed by atoms with Gasteiger partial charge in [-0.1, -0.05) is 6.92 Å². The maximum absolute atomic E-state index is 12.5. The molecular weight excluding hydrogens is 262 g/mol. The minimum atomic E-state index is 0.291. The molecule has 116 valence electrons. The largest absolute Gasteiger partial charge is 0.339 e. The lowest BCUT2D eigenvalue weighted by Gasteiger charge is -2.36. The number of likely N-dealkylation sites (N-methyl/N-ethyl adjacent to an activating group) is 1. The highest BCUT2D eigenvalue weighted by atomic mass is 16.2. The summed E-state index contributed by atoms with van der Waals surface area (Å²) in [7, 11) is 2.03. The number of rotatable bonds is 6. The minimum absolute atomic E-state index is 0.291. The summed E-state index contributed by atoms with van der Waals surface area (Å²) in [6.07, 6.45) is 9.27. The SMILES string of the molecule is CCC1CCCCN1C(=O)CN(C)CCc1ccncc1. The van der Waals surface area contributed by atoms with E-state index in [4.69, 9.17) is 0 Å². The Bertz CT molecular complexity index is 435. The van der Waals surface area contributed by atoms with Crippen molar-refractivity contribution in [1.82, 2.24) is 14.8 Å². The second-order valence-corrected chi connectivity index (χ2v) is 5.99. The molecule has 1 amide bonds. The van der Waals surface area contributed by atoms with Crippen molar-refractivity contribution >= 4 is 5.91 Å². The maximum Gasteiger partial charge on any atom is 0.236 e. The van der Waals surface area contributed by atoms with E-state index in [2.05, 4.69) is 21.7 Å². The van der Waals surface area contributed by atoms with Crippen molar-refractivity contribution in [3.05, 3.63) is 30.1 Å².